The Morgan fingerprint density at radius 3 is 2.57 bits per heavy atom. The molecule has 1 amide bonds. The Morgan fingerprint density at radius 2 is 1.78 bits per heavy atom. The Labute approximate surface area is 135 Å². The number of hydrogen-bond acceptors (Lipinski definition) is 1. The van der Waals surface area contributed by atoms with Crippen LogP contribution in [0.2, 0.25) is 0 Å². The molecule has 2 aromatic carbocycles. The van der Waals surface area contributed by atoms with Crippen LogP contribution in [-0.4, -0.2) is 5.91 Å². The predicted molar refractivity (Wildman–Crippen MR) is 88.8 cm³/mol. The van der Waals surface area contributed by atoms with Crippen molar-refractivity contribution in [2.75, 3.05) is 4.90 Å². The smallest absolute Gasteiger partial charge is 0.238 e. The van der Waals surface area contributed by atoms with Gasteiger partial charge in [-0.3, -0.25) is 4.79 Å². The van der Waals surface area contributed by atoms with E-state index in [0.717, 1.165) is 36.9 Å². The van der Waals surface area contributed by atoms with E-state index in [0.29, 0.717) is 6.54 Å². The molecule has 1 spiro atoms. The van der Waals surface area contributed by atoms with E-state index < -0.39 is 0 Å². The number of amides is 1. The highest BCUT2D eigenvalue weighted by Crippen LogP contribution is 2.50. The molecule has 4 rings (SSSR count). The van der Waals surface area contributed by atoms with Gasteiger partial charge < -0.3 is 4.90 Å². The first-order valence-electron chi connectivity index (χ1n) is 8.37. The predicted octanol–water partition coefficient (Wildman–Crippen LogP) is 4.57. The van der Waals surface area contributed by atoms with Crippen LogP contribution >= 0.6 is 0 Å². The van der Waals surface area contributed by atoms with Crippen LogP contribution in [0, 0.1) is 5.82 Å². The fraction of sp³-hybridized carbons (Fsp3) is 0.350. The Hall–Kier alpha value is -2.16. The molecule has 1 aliphatic heterocycles. The SMILES string of the molecule is O=C1N(Cc2cccc(F)c2)c2ccccc2C12CCCCC2. The molecule has 23 heavy (non-hydrogen) atoms. The molecule has 2 nitrogen and oxygen atoms in total. The van der Waals surface area contributed by atoms with E-state index in [1.54, 1.807) is 6.07 Å². The van der Waals surface area contributed by atoms with Crippen LogP contribution in [-0.2, 0) is 16.8 Å². The van der Waals surface area contributed by atoms with Gasteiger partial charge >= 0.3 is 0 Å². The molecular weight excluding hydrogens is 289 g/mol. The third kappa shape index (κ3) is 2.26. The first-order valence-corrected chi connectivity index (χ1v) is 8.37. The van der Waals surface area contributed by atoms with Crippen molar-refractivity contribution in [3.63, 3.8) is 0 Å². The largest absolute Gasteiger partial charge is 0.307 e. The minimum atomic E-state index is -0.345. The average Bonchev–Trinajstić information content (AvgIpc) is 2.79. The second-order valence-electron chi connectivity index (χ2n) is 6.68. The summed E-state index contributed by atoms with van der Waals surface area (Å²) < 4.78 is 13.5. The van der Waals surface area contributed by atoms with E-state index in [1.165, 1.54) is 24.1 Å². The molecule has 0 atom stereocenters. The summed E-state index contributed by atoms with van der Waals surface area (Å²) in [5, 5.41) is 0. The molecule has 1 aliphatic carbocycles. The number of para-hydroxylation sites is 1. The van der Waals surface area contributed by atoms with Crippen LogP contribution in [0.5, 0.6) is 0 Å². The topological polar surface area (TPSA) is 20.3 Å². The van der Waals surface area contributed by atoms with Crippen LogP contribution in [0.3, 0.4) is 0 Å². The lowest BCUT2D eigenvalue weighted by atomic mass is 9.70. The van der Waals surface area contributed by atoms with Crippen molar-refractivity contribution >= 4 is 11.6 Å². The fourth-order valence-corrected chi connectivity index (χ4v) is 4.21. The van der Waals surface area contributed by atoms with Crippen LogP contribution in [0.15, 0.2) is 48.5 Å². The molecule has 0 N–H and O–H groups in total. The number of anilines is 1. The van der Waals surface area contributed by atoms with Crippen molar-refractivity contribution in [1.82, 2.24) is 0 Å². The standard InChI is InChI=1S/C20H20FNO/c21-16-8-6-7-15(13-16)14-22-18-10-3-2-9-17(18)20(19(22)23)11-4-1-5-12-20/h2-3,6-10,13H,1,4-5,11-12,14H2. The minimum absolute atomic E-state index is 0.197. The number of carbonyl (C=O) groups excluding carboxylic acids is 1. The highest BCUT2D eigenvalue weighted by atomic mass is 19.1. The number of rotatable bonds is 2. The quantitative estimate of drug-likeness (QED) is 0.795. The number of fused-ring (bicyclic) bond motifs is 2. The molecule has 1 heterocycles. The lowest BCUT2D eigenvalue weighted by molar-refractivity contribution is -0.124. The van der Waals surface area contributed by atoms with Gasteiger partial charge in [-0.25, -0.2) is 4.39 Å². The van der Waals surface area contributed by atoms with E-state index in [1.807, 2.05) is 29.2 Å². The maximum Gasteiger partial charge on any atom is 0.238 e. The van der Waals surface area contributed by atoms with Gasteiger partial charge in [0.2, 0.25) is 5.91 Å². The van der Waals surface area contributed by atoms with Crippen molar-refractivity contribution in [1.29, 1.82) is 0 Å². The van der Waals surface area contributed by atoms with Crippen LogP contribution < -0.4 is 4.90 Å². The van der Waals surface area contributed by atoms with E-state index in [4.69, 9.17) is 0 Å². The third-order valence-electron chi connectivity index (χ3n) is 5.30. The van der Waals surface area contributed by atoms with Crippen LogP contribution in [0.25, 0.3) is 0 Å². The molecule has 0 radical (unpaired) electrons. The second-order valence-corrected chi connectivity index (χ2v) is 6.68. The molecule has 2 aromatic rings. The number of benzene rings is 2. The summed E-state index contributed by atoms with van der Waals surface area (Å²) in [6.07, 6.45) is 5.29. The van der Waals surface area contributed by atoms with Crippen molar-refractivity contribution in [2.24, 2.45) is 0 Å². The van der Waals surface area contributed by atoms with E-state index in [9.17, 15) is 9.18 Å². The van der Waals surface area contributed by atoms with Crippen molar-refractivity contribution in [3.8, 4) is 0 Å². The summed E-state index contributed by atoms with van der Waals surface area (Å²) in [6, 6.07) is 14.7. The molecule has 118 valence electrons. The zero-order chi connectivity index (χ0) is 15.9. The van der Waals surface area contributed by atoms with Crippen molar-refractivity contribution in [3.05, 3.63) is 65.5 Å². The maximum absolute atomic E-state index is 13.5. The second kappa shape index (κ2) is 5.48. The van der Waals surface area contributed by atoms with Crippen molar-refractivity contribution in [2.45, 2.75) is 44.1 Å². The number of hydrogen-bond donors (Lipinski definition) is 0. The summed E-state index contributed by atoms with van der Waals surface area (Å²) in [6.45, 7) is 0.440. The third-order valence-corrected chi connectivity index (χ3v) is 5.30. The van der Waals surface area contributed by atoms with Crippen LogP contribution in [0.4, 0.5) is 10.1 Å². The Morgan fingerprint density at radius 1 is 1.00 bits per heavy atom. The zero-order valence-corrected chi connectivity index (χ0v) is 13.1. The van der Waals surface area contributed by atoms with Gasteiger partial charge in [0.15, 0.2) is 0 Å². The number of nitrogens with zero attached hydrogens (tertiary/aromatic N) is 1. The summed E-state index contributed by atoms with van der Waals surface area (Å²) in [5.41, 5.74) is 2.66. The number of carbonyl (C=O) groups is 1. The van der Waals surface area contributed by atoms with Gasteiger partial charge in [-0.15, -0.1) is 0 Å². The Balaban J connectivity index is 1.75. The molecule has 2 aliphatic rings. The van der Waals surface area contributed by atoms with Crippen molar-refractivity contribution < 1.29 is 9.18 Å². The average molecular weight is 309 g/mol. The van der Waals surface area contributed by atoms with Gasteiger partial charge in [-0.05, 0) is 42.2 Å². The first kappa shape index (κ1) is 14.4. The van der Waals surface area contributed by atoms with Gasteiger partial charge in [-0.1, -0.05) is 49.6 Å². The highest BCUT2D eigenvalue weighted by Gasteiger charge is 2.50. The summed E-state index contributed by atoms with van der Waals surface area (Å²) >= 11 is 0. The Kier molecular flexibility index (Phi) is 3.44. The van der Waals surface area contributed by atoms with Gasteiger partial charge in [0.05, 0.1) is 12.0 Å². The minimum Gasteiger partial charge on any atom is -0.307 e. The van der Waals surface area contributed by atoms with Gasteiger partial charge in [-0.2, -0.15) is 0 Å². The van der Waals surface area contributed by atoms with Gasteiger partial charge in [0, 0.05) is 5.69 Å². The highest BCUT2D eigenvalue weighted by molar-refractivity contribution is 6.08. The summed E-state index contributed by atoms with van der Waals surface area (Å²) in [4.78, 5) is 15.1. The van der Waals surface area contributed by atoms with Crippen LogP contribution in [0.1, 0.15) is 43.2 Å². The van der Waals surface area contributed by atoms with Gasteiger partial charge in [0.25, 0.3) is 0 Å². The molecule has 0 aromatic heterocycles. The maximum atomic E-state index is 13.5. The summed E-state index contributed by atoms with van der Waals surface area (Å²) in [5.74, 6) is -0.0579. The fourth-order valence-electron chi connectivity index (χ4n) is 4.21. The van der Waals surface area contributed by atoms with E-state index in [2.05, 4.69) is 6.07 Å². The van der Waals surface area contributed by atoms with E-state index >= 15 is 0 Å². The molecule has 3 heteroatoms. The monoisotopic (exact) mass is 309 g/mol. The molecule has 0 saturated heterocycles. The molecule has 1 fully saturated rings. The van der Waals surface area contributed by atoms with E-state index in [-0.39, 0.29) is 17.1 Å². The number of halogens is 1. The lowest BCUT2D eigenvalue weighted by Gasteiger charge is -2.32. The van der Waals surface area contributed by atoms with Gasteiger partial charge in [0.1, 0.15) is 5.82 Å². The zero-order valence-electron chi connectivity index (χ0n) is 13.1. The first-order chi connectivity index (χ1) is 11.2. The summed E-state index contributed by atoms with van der Waals surface area (Å²) in [7, 11) is 0. The Bertz CT molecular complexity index is 749. The normalized spacial score (nSPS) is 19.2. The molecular formula is C20H20FNO. The lowest BCUT2D eigenvalue weighted by Crippen LogP contribution is -2.41. The molecule has 1 saturated carbocycles. The molecule has 0 unspecified atom stereocenters. The molecule has 0 bridgehead atoms.